The number of amides is 1. The fraction of sp³-hybridized carbons (Fsp3) is 0.700. The van der Waals surface area contributed by atoms with Crippen LogP contribution in [0.25, 0.3) is 0 Å². The summed E-state index contributed by atoms with van der Waals surface area (Å²) in [6, 6.07) is 0.386. The average molecular weight is 169 g/mol. The number of rotatable bonds is 3. The van der Waals surface area contributed by atoms with E-state index in [-0.39, 0.29) is 18.0 Å². The van der Waals surface area contributed by atoms with Crippen molar-refractivity contribution < 1.29 is 4.79 Å². The average Bonchev–Trinajstić information content (AvgIpc) is 1.85. The summed E-state index contributed by atoms with van der Waals surface area (Å²) in [5.74, 6) is 0.112. The molecule has 0 rings (SSSR count). The van der Waals surface area contributed by atoms with Gasteiger partial charge in [-0.15, -0.1) is 0 Å². The van der Waals surface area contributed by atoms with Gasteiger partial charge in [-0.25, -0.2) is 0 Å². The summed E-state index contributed by atoms with van der Waals surface area (Å²) in [6.45, 7) is 13.4. The minimum atomic E-state index is 0.112. The maximum Gasteiger partial charge on any atom is 0.220 e. The molecule has 0 radical (unpaired) electrons. The quantitative estimate of drug-likeness (QED) is 0.593. The highest BCUT2D eigenvalue weighted by atomic mass is 16.2. The molecule has 1 amide bonds. The largest absolute Gasteiger partial charge is 0.334 e. The maximum absolute atomic E-state index is 11.2. The van der Waals surface area contributed by atoms with E-state index in [2.05, 4.69) is 6.58 Å². The third kappa shape index (κ3) is 2.68. The minimum absolute atomic E-state index is 0.112. The van der Waals surface area contributed by atoms with Crippen LogP contribution >= 0.6 is 0 Å². The van der Waals surface area contributed by atoms with Gasteiger partial charge in [-0.05, 0) is 27.7 Å². The van der Waals surface area contributed by atoms with Crippen molar-refractivity contribution in [3.63, 3.8) is 0 Å². The lowest BCUT2D eigenvalue weighted by Crippen LogP contribution is -2.42. The molecule has 0 aliphatic carbocycles. The summed E-state index contributed by atoms with van der Waals surface area (Å²) >= 11 is 0. The fourth-order valence-corrected chi connectivity index (χ4v) is 1.32. The molecule has 0 aliphatic heterocycles. The van der Waals surface area contributed by atoms with E-state index in [0.29, 0.717) is 0 Å². The van der Waals surface area contributed by atoms with Crippen molar-refractivity contribution in [1.29, 1.82) is 0 Å². The molecule has 0 aromatic carbocycles. The smallest absolute Gasteiger partial charge is 0.220 e. The number of hydrogen-bond donors (Lipinski definition) is 0. The van der Waals surface area contributed by atoms with Crippen molar-refractivity contribution in [2.24, 2.45) is 0 Å². The molecule has 0 heterocycles. The van der Waals surface area contributed by atoms with Gasteiger partial charge in [0.2, 0.25) is 5.91 Å². The monoisotopic (exact) mass is 169 g/mol. The van der Waals surface area contributed by atoms with Gasteiger partial charge >= 0.3 is 0 Å². The molecule has 0 aromatic heterocycles. The van der Waals surface area contributed by atoms with Crippen LogP contribution in [0.5, 0.6) is 0 Å². The van der Waals surface area contributed by atoms with E-state index in [1.165, 1.54) is 0 Å². The molecule has 2 nitrogen and oxygen atoms in total. The van der Waals surface area contributed by atoms with Crippen LogP contribution in [0.15, 0.2) is 12.2 Å². The van der Waals surface area contributed by atoms with Gasteiger partial charge in [-0.1, -0.05) is 12.2 Å². The van der Waals surface area contributed by atoms with Crippen LogP contribution < -0.4 is 0 Å². The van der Waals surface area contributed by atoms with Crippen molar-refractivity contribution >= 4 is 5.91 Å². The molecule has 0 N–H and O–H groups in total. The van der Waals surface area contributed by atoms with Crippen LogP contribution in [-0.4, -0.2) is 22.9 Å². The van der Waals surface area contributed by atoms with Crippen molar-refractivity contribution in [3.8, 4) is 0 Å². The van der Waals surface area contributed by atoms with Crippen LogP contribution in [0.4, 0.5) is 0 Å². The molecule has 0 fully saturated rings. The summed E-state index contributed by atoms with van der Waals surface area (Å²) in [4.78, 5) is 13.1. The van der Waals surface area contributed by atoms with Gasteiger partial charge in [0.15, 0.2) is 0 Å². The second-order valence-electron chi connectivity index (χ2n) is 3.54. The first-order chi connectivity index (χ1) is 5.37. The zero-order valence-electron chi connectivity index (χ0n) is 8.72. The molecule has 0 saturated heterocycles. The standard InChI is InChI=1S/C10H19NO/c1-7(2)9(5)11(8(3)4)10(6)12/h8-9H,1H2,2-6H3. The van der Waals surface area contributed by atoms with E-state index in [9.17, 15) is 4.79 Å². The first-order valence-corrected chi connectivity index (χ1v) is 4.32. The van der Waals surface area contributed by atoms with Crippen LogP contribution in [0.3, 0.4) is 0 Å². The van der Waals surface area contributed by atoms with Crippen LogP contribution in [0.1, 0.15) is 34.6 Å². The number of carbonyl (C=O) groups is 1. The highest BCUT2D eigenvalue weighted by Gasteiger charge is 2.19. The Labute approximate surface area is 75.3 Å². The van der Waals surface area contributed by atoms with E-state index in [0.717, 1.165) is 5.57 Å². The van der Waals surface area contributed by atoms with E-state index in [1.807, 2.05) is 32.6 Å². The van der Waals surface area contributed by atoms with Crippen molar-refractivity contribution in [2.45, 2.75) is 46.7 Å². The Balaban J connectivity index is 4.51. The SMILES string of the molecule is C=C(C)C(C)N(C(C)=O)C(C)C. The summed E-state index contributed by atoms with van der Waals surface area (Å²) in [5.41, 5.74) is 1.03. The Bertz CT molecular complexity index is 184. The molecule has 1 atom stereocenters. The summed E-state index contributed by atoms with van der Waals surface area (Å²) in [6.07, 6.45) is 0. The van der Waals surface area contributed by atoms with Crippen LogP contribution in [0, 0.1) is 0 Å². The third-order valence-corrected chi connectivity index (χ3v) is 2.05. The van der Waals surface area contributed by atoms with Crippen molar-refractivity contribution in [3.05, 3.63) is 12.2 Å². The van der Waals surface area contributed by atoms with E-state index >= 15 is 0 Å². The number of hydrogen-bond acceptors (Lipinski definition) is 1. The molecule has 1 unspecified atom stereocenters. The zero-order chi connectivity index (χ0) is 9.89. The lowest BCUT2D eigenvalue weighted by Gasteiger charge is -2.32. The lowest BCUT2D eigenvalue weighted by atomic mass is 10.1. The van der Waals surface area contributed by atoms with E-state index < -0.39 is 0 Å². The Morgan fingerprint density at radius 1 is 1.25 bits per heavy atom. The topological polar surface area (TPSA) is 20.3 Å². The van der Waals surface area contributed by atoms with E-state index in [1.54, 1.807) is 6.92 Å². The predicted octanol–water partition coefficient (Wildman–Crippen LogP) is 2.21. The highest BCUT2D eigenvalue weighted by molar-refractivity contribution is 5.74. The Kier molecular flexibility index (Phi) is 4.01. The summed E-state index contributed by atoms with van der Waals surface area (Å²) in [7, 11) is 0. The number of nitrogens with zero attached hydrogens (tertiary/aromatic N) is 1. The molecule has 12 heavy (non-hydrogen) atoms. The van der Waals surface area contributed by atoms with E-state index in [4.69, 9.17) is 0 Å². The number of carbonyl (C=O) groups excluding carboxylic acids is 1. The summed E-state index contributed by atoms with van der Waals surface area (Å²) in [5, 5.41) is 0. The second kappa shape index (κ2) is 4.29. The van der Waals surface area contributed by atoms with Gasteiger partial charge in [0.1, 0.15) is 0 Å². The molecule has 2 heteroatoms. The van der Waals surface area contributed by atoms with Gasteiger partial charge in [0.05, 0.1) is 0 Å². The first kappa shape index (κ1) is 11.2. The molecular formula is C10H19NO. The van der Waals surface area contributed by atoms with Crippen molar-refractivity contribution in [1.82, 2.24) is 4.90 Å². The molecule has 0 saturated carbocycles. The molecule has 70 valence electrons. The first-order valence-electron chi connectivity index (χ1n) is 4.32. The van der Waals surface area contributed by atoms with Crippen LogP contribution in [-0.2, 0) is 4.79 Å². The van der Waals surface area contributed by atoms with Gasteiger partial charge < -0.3 is 4.90 Å². The van der Waals surface area contributed by atoms with Crippen molar-refractivity contribution in [2.75, 3.05) is 0 Å². The Morgan fingerprint density at radius 2 is 1.67 bits per heavy atom. The van der Waals surface area contributed by atoms with Gasteiger partial charge in [0, 0.05) is 19.0 Å². The van der Waals surface area contributed by atoms with Gasteiger partial charge in [-0.3, -0.25) is 4.79 Å². The normalized spacial score (nSPS) is 12.8. The molecule has 0 aromatic rings. The maximum atomic E-state index is 11.2. The molecule has 0 spiro atoms. The molecular weight excluding hydrogens is 150 g/mol. The fourth-order valence-electron chi connectivity index (χ4n) is 1.32. The molecule has 0 aliphatic rings. The third-order valence-electron chi connectivity index (χ3n) is 2.05. The summed E-state index contributed by atoms with van der Waals surface area (Å²) < 4.78 is 0. The Hall–Kier alpha value is -0.790. The van der Waals surface area contributed by atoms with Crippen LogP contribution in [0.2, 0.25) is 0 Å². The molecule has 0 bridgehead atoms. The van der Waals surface area contributed by atoms with Gasteiger partial charge in [-0.2, -0.15) is 0 Å². The lowest BCUT2D eigenvalue weighted by molar-refractivity contribution is -0.131. The highest BCUT2D eigenvalue weighted by Crippen LogP contribution is 2.11. The predicted molar refractivity (Wildman–Crippen MR) is 51.9 cm³/mol. The van der Waals surface area contributed by atoms with Gasteiger partial charge in [0.25, 0.3) is 0 Å². The zero-order valence-corrected chi connectivity index (χ0v) is 8.72. The Morgan fingerprint density at radius 3 is 1.75 bits per heavy atom. The second-order valence-corrected chi connectivity index (χ2v) is 3.54. The minimum Gasteiger partial charge on any atom is -0.334 e.